The Labute approximate surface area is 211 Å². The molecular weight excluding hydrogens is 486 g/mol. The van der Waals surface area contributed by atoms with Gasteiger partial charge in [0.05, 0.1) is 14.8 Å². The number of amides is 1. The van der Waals surface area contributed by atoms with Crippen LogP contribution in [0.5, 0.6) is 0 Å². The first-order chi connectivity index (χ1) is 17.2. The number of fused-ring (bicyclic) bond motifs is 1. The molecule has 3 aromatic rings. The fourth-order valence-electron chi connectivity index (χ4n) is 3.82. The Kier molecular flexibility index (Phi) is 9.42. The number of unbranched alkanes of at least 4 members (excludes halogenated alkanes) is 1. The zero-order valence-electron chi connectivity index (χ0n) is 19.4. The minimum absolute atomic E-state index is 0.0508. The third-order valence-electron chi connectivity index (χ3n) is 5.72. The van der Waals surface area contributed by atoms with Crippen LogP contribution < -0.4 is 16.8 Å². The van der Waals surface area contributed by atoms with Gasteiger partial charge in [0.2, 0.25) is 0 Å². The summed E-state index contributed by atoms with van der Waals surface area (Å²) < 4.78 is 0. The topological polar surface area (TPSA) is 198 Å². The van der Waals surface area contributed by atoms with Crippen molar-refractivity contribution in [2.75, 3.05) is 6.54 Å². The van der Waals surface area contributed by atoms with Gasteiger partial charge in [0.1, 0.15) is 12.1 Å². The number of nitro benzene ring substituents is 1. The van der Waals surface area contributed by atoms with E-state index < -0.39 is 35.0 Å². The standard InChI is InChI=1S/C24H29N5O6S/c25-12-6-5-9-18(24(32)33)27-22(31)21(30)16(26)13-15-14-7-1-2-8-17(14)28-23(15)36-20-11-4-3-10-19(20)29(34)35/h1-4,7-8,10-11,16,18,21,28,30H,5-6,9,12-13,25-26H2,(H,27,31)(H,32,33)/t16-,18+,21+/m0/s1. The predicted octanol–water partition coefficient (Wildman–Crippen LogP) is 2.16. The van der Waals surface area contributed by atoms with E-state index in [1.165, 1.54) is 6.07 Å². The van der Waals surface area contributed by atoms with Crippen LogP contribution >= 0.6 is 11.8 Å². The molecule has 0 spiro atoms. The molecule has 11 nitrogen and oxygen atoms in total. The normalized spacial score (nSPS) is 13.8. The van der Waals surface area contributed by atoms with Crippen LogP contribution in [-0.4, -0.2) is 56.7 Å². The molecule has 1 aromatic heterocycles. The van der Waals surface area contributed by atoms with Crippen LogP contribution in [0.1, 0.15) is 24.8 Å². The molecule has 8 N–H and O–H groups in total. The Bertz CT molecular complexity index is 1230. The number of carboxylic acid groups (broad SMARTS) is 1. The van der Waals surface area contributed by atoms with Gasteiger partial charge in [-0.25, -0.2) is 4.79 Å². The van der Waals surface area contributed by atoms with Gasteiger partial charge in [-0.05, 0) is 49.9 Å². The number of nitrogens with one attached hydrogen (secondary N) is 2. The van der Waals surface area contributed by atoms with E-state index in [-0.39, 0.29) is 18.5 Å². The second kappa shape index (κ2) is 12.5. The van der Waals surface area contributed by atoms with Crippen molar-refractivity contribution in [3.05, 3.63) is 64.2 Å². The van der Waals surface area contributed by atoms with Crippen LogP contribution in [0.4, 0.5) is 5.69 Å². The third-order valence-corrected chi connectivity index (χ3v) is 6.84. The second-order valence-corrected chi connectivity index (χ2v) is 9.35. The third kappa shape index (κ3) is 6.61. The monoisotopic (exact) mass is 515 g/mol. The summed E-state index contributed by atoms with van der Waals surface area (Å²) in [7, 11) is 0. The molecule has 12 heteroatoms. The summed E-state index contributed by atoms with van der Waals surface area (Å²) in [5.41, 5.74) is 13.1. The Morgan fingerprint density at radius 1 is 1.14 bits per heavy atom. The molecule has 0 bridgehead atoms. The average molecular weight is 516 g/mol. The van der Waals surface area contributed by atoms with Gasteiger partial charge in [0.15, 0.2) is 0 Å². The molecule has 1 heterocycles. The zero-order chi connectivity index (χ0) is 26.2. The van der Waals surface area contributed by atoms with Crippen molar-refractivity contribution < 1.29 is 24.7 Å². The number of aromatic nitrogens is 1. The van der Waals surface area contributed by atoms with E-state index in [1.807, 2.05) is 24.3 Å². The number of aromatic amines is 1. The van der Waals surface area contributed by atoms with Crippen LogP contribution in [0.25, 0.3) is 10.9 Å². The molecule has 0 radical (unpaired) electrons. The minimum Gasteiger partial charge on any atom is -0.480 e. The number of H-pyrrole nitrogens is 1. The largest absolute Gasteiger partial charge is 0.480 e. The van der Waals surface area contributed by atoms with Crippen LogP contribution in [0.3, 0.4) is 0 Å². The highest BCUT2D eigenvalue weighted by Crippen LogP contribution is 2.39. The lowest BCUT2D eigenvalue weighted by Gasteiger charge is -2.21. The highest BCUT2D eigenvalue weighted by Gasteiger charge is 2.29. The molecule has 192 valence electrons. The molecule has 0 fully saturated rings. The fourth-order valence-corrected chi connectivity index (χ4v) is 4.91. The molecule has 36 heavy (non-hydrogen) atoms. The first-order valence-corrected chi connectivity index (χ1v) is 12.2. The maximum atomic E-state index is 12.6. The lowest BCUT2D eigenvalue weighted by atomic mass is 10.0. The highest BCUT2D eigenvalue weighted by molar-refractivity contribution is 7.99. The number of aliphatic hydroxyl groups is 1. The second-order valence-electron chi connectivity index (χ2n) is 8.30. The van der Waals surface area contributed by atoms with E-state index in [4.69, 9.17) is 11.5 Å². The predicted molar refractivity (Wildman–Crippen MR) is 136 cm³/mol. The van der Waals surface area contributed by atoms with Crippen LogP contribution in [0, 0.1) is 10.1 Å². The van der Waals surface area contributed by atoms with Gasteiger partial charge in [0.25, 0.3) is 11.6 Å². The van der Waals surface area contributed by atoms with Gasteiger partial charge in [-0.15, -0.1) is 0 Å². The number of aliphatic carboxylic acids is 1. The van der Waals surface area contributed by atoms with Crippen molar-refractivity contribution in [3.8, 4) is 0 Å². The number of benzene rings is 2. The number of rotatable bonds is 13. The van der Waals surface area contributed by atoms with E-state index in [0.29, 0.717) is 34.9 Å². The Morgan fingerprint density at radius 3 is 2.53 bits per heavy atom. The number of nitrogens with zero attached hydrogens (tertiary/aromatic N) is 1. The van der Waals surface area contributed by atoms with E-state index in [1.54, 1.807) is 18.2 Å². The number of hydrogen-bond donors (Lipinski definition) is 6. The van der Waals surface area contributed by atoms with Crippen LogP contribution in [0.2, 0.25) is 0 Å². The molecule has 3 atom stereocenters. The van der Waals surface area contributed by atoms with Crippen molar-refractivity contribution in [2.24, 2.45) is 11.5 Å². The van der Waals surface area contributed by atoms with Gasteiger partial charge >= 0.3 is 5.97 Å². The first kappa shape index (κ1) is 27.1. The number of carbonyl (C=O) groups excluding carboxylic acids is 1. The molecule has 0 saturated carbocycles. The number of aliphatic hydroxyl groups excluding tert-OH is 1. The number of carboxylic acids is 1. The Morgan fingerprint density at radius 2 is 1.83 bits per heavy atom. The number of nitrogens with two attached hydrogens (primary N) is 2. The van der Waals surface area contributed by atoms with E-state index >= 15 is 0 Å². The molecule has 0 aliphatic heterocycles. The van der Waals surface area contributed by atoms with Gasteiger partial charge in [-0.2, -0.15) is 0 Å². The summed E-state index contributed by atoms with van der Waals surface area (Å²) in [4.78, 5) is 38.8. The summed E-state index contributed by atoms with van der Waals surface area (Å²) in [6, 6.07) is 11.5. The van der Waals surface area contributed by atoms with E-state index in [0.717, 1.165) is 22.7 Å². The van der Waals surface area contributed by atoms with E-state index in [9.17, 15) is 29.9 Å². The van der Waals surface area contributed by atoms with Gasteiger partial charge in [-0.1, -0.05) is 42.1 Å². The van der Waals surface area contributed by atoms with Crippen molar-refractivity contribution in [1.82, 2.24) is 10.3 Å². The number of hydrogen-bond acceptors (Lipinski definition) is 8. The molecular formula is C24H29N5O6S. The lowest BCUT2D eigenvalue weighted by molar-refractivity contribution is -0.387. The van der Waals surface area contributed by atoms with E-state index in [2.05, 4.69) is 10.3 Å². The summed E-state index contributed by atoms with van der Waals surface area (Å²) in [6.45, 7) is 0.408. The summed E-state index contributed by atoms with van der Waals surface area (Å²) >= 11 is 1.16. The summed E-state index contributed by atoms with van der Waals surface area (Å²) in [5, 5.41) is 35.2. The van der Waals surface area contributed by atoms with Crippen LogP contribution in [-0.2, 0) is 16.0 Å². The number of para-hydroxylation sites is 2. The molecule has 0 aliphatic carbocycles. The average Bonchev–Trinajstić information content (AvgIpc) is 3.19. The number of nitro groups is 1. The van der Waals surface area contributed by atoms with Crippen molar-refractivity contribution in [3.63, 3.8) is 0 Å². The Hall–Kier alpha value is -3.45. The maximum Gasteiger partial charge on any atom is 0.326 e. The SMILES string of the molecule is NCCCC[C@@H](NC(=O)[C@H](O)[C@@H](N)Cc1c(Sc2ccccc2[N+](=O)[O-])[nH]c2ccccc12)C(=O)O. The molecule has 0 saturated heterocycles. The van der Waals surface area contributed by atoms with Crippen molar-refractivity contribution in [2.45, 2.75) is 53.8 Å². The Balaban J connectivity index is 1.82. The quantitative estimate of drug-likeness (QED) is 0.112. The van der Waals surface area contributed by atoms with Gasteiger partial charge in [-0.3, -0.25) is 14.9 Å². The van der Waals surface area contributed by atoms with Crippen molar-refractivity contribution in [1.29, 1.82) is 0 Å². The summed E-state index contributed by atoms with van der Waals surface area (Å²) in [5.74, 6) is -2.09. The van der Waals surface area contributed by atoms with Crippen LogP contribution in [0.15, 0.2) is 58.5 Å². The maximum absolute atomic E-state index is 12.6. The molecule has 3 rings (SSSR count). The molecule has 0 unspecified atom stereocenters. The zero-order valence-corrected chi connectivity index (χ0v) is 20.2. The van der Waals surface area contributed by atoms with Gasteiger partial charge in [0, 0.05) is 23.0 Å². The molecule has 2 aromatic carbocycles. The smallest absolute Gasteiger partial charge is 0.326 e. The number of carbonyl (C=O) groups is 2. The fraction of sp³-hybridized carbons (Fsp3) is 0.333. The lowest BCUT2D eigenvalue weighted by Crippen LogP contribution is -2.52. The minimum atomic E-state index is -1.67. The summed E-state index contributed by atoms with van der Waals surface area (Å²) in [6.07, 6.45) is -0.301. The first-order valence-electron chi connectivity index (χ1n) is 11.4. The highest BCUT2D eigenvalue weighted by atomic mass is 32.2. The molecule has 0 aliphatic rings. The van der Waals surface area contributed by atoms with Gasteiger partial charge < -0.3 is 32.0 Å². The molecule has 1 amide bonds. The van der Waals surface area contributed by atoms with Crippen molar-refractivity contribution >= 4 is 40.2 Å².